The van der Waals surface area contributed by atoms with Crippen molar-refractivity contribution in [3.8, 4) is 17.2 Å². The molecule has 0 spiro atoms. The molecule has 0 aliphatic carbocycles. The van der Waals surface area contributed by atoms with Crippen LogP contribution in [-0.4, -0.2) is 45.4 Å². The van der Waals surface area contributed by atoms with Gasteiger partial charge in [0.1, 0.15) is 11.5 Å². The minimum atomic E-state index is -0.475. The molecular weight excluding hydrogens is 469 g/mol. The molecule has 7 nitrogen and oxygen atoms in total. The fourth-order valence-electron chi connectivity index (χ4n) is 3.01. The lowest BCUT2D eigenvalue weighted by Gasteiger charge is -2.16. The van der Waals surface area contributed by atoms with Gasteiger partial charge in [-0.1, -0.05) is 37.0 Å². The summed E-state index contributed by atoms with van der Waals surface area (Å²) in [5.74, 6) is 1.08. The van der Waals surface area contributed by atoms with Crippen LogP contribution in [0.3, 0.4) is 0 Å². The summed E-state index contributed by atoms with van der Waals surface area (Å²) in [6.45, 7) is 6.14. The van der Waals surface area contributed by atoms with Crippen molar-refractivity contribution in [2.45, 2.75) is 33.1 Å². The molecule has 9 heteroatoms. The molecule has 0 saturated heterocycles. The van der Waals surface area contributed by atoms with Gasteiger partial charge in [0.2, 0.25) is 0 Å². The highest BCUT2D eigenvalue weighted by Crippen LogP contribution is 2.39. The molecular formula is C24H29Cl2NO6. The number of hydrogen-bond donors (Lipinski definition) is 1. The van der Waals surface area contributed by atoms with E-state index in [1.54, 1.807) is 32.2 Å². The van der Waals surface area contributed by atoms with Crippen LogP contribution < -0.4 is 14.8 Å². The number of halogens is 2. The van der Waals surface area contributed by atoms with Crippen molar-refractivity contribution in [1.82, 2.24) is 5.32 Å². The van der Waals surface area contributed by atoms with Crippen molar-refractivity contribution >= 4 is 35.1 Å². The lowest BCUT2D eigenvalue weighted by atomic mass is 10.0. The molecule has 2 rings (SSSR count). The molecule has 33 heavy (non-hydrogen) atoms. The van der Waals surface area contributed by atoms with Crippen LogP contribution in [0, 0.1) is 0 Å². The van der Waals surface area contributed by atoms with Crippen LogP contribution in [0.25, 0.3) is 0 Å². The number of ether oxygens (including phenoxy) is 4. The standard InChI is InChI=1S/C24H29Cl2NO6/c1-5-31-22(28)13-27-14-23(29)32-9-8-16-10-19(25)24(20(26)11-16)33-17-6-7-21(30-4)18(12-17)15(2)3/h6-7,10-12,15,27H,5,8-9,13-14H2,1-4H3. The molecule has 0 saturated carbocycles. The third-order valence-corrected chi connectivity index (χ3v) is 5.16. The molecule has 2 aromatic carbocycles. The van der Waals surface area contributed by atoms with Crippen LogP contribution in [0.15, 0.2) is 30.3 Å². The second kappa shape index (κ2) is 13.3. The van der Waals surface area contributed by atoms with Crippen LogP contribution >= 0.6 is 23.2 Å². The first-order valence-corrected chi connectivity index (χ1v) is 11.4. The molecule has 0 atom stereocenters. The van der Waals surface area contributed by atoms with Gasteiger partial charge < -0.3 is 18.9 Å². The molecule has 0 aromatic heterocycles. The Balaban J connectivity index is 1.93. The monoisotopic (exact) mass is 497 g/mol. The number of hydrogen-bond acceptors (Lipinski definition) is 7. The number of carbonyl (C=O) groups is 2. The normalized spacial score (nSPS) is 10.8. The summed E-state index contributed by atoms with van der Waals surface area (Å²) in [6, 6.07) is 8.99. The molecule has 0 aliphatic heterocycles. The number of benzene rings is 2. The maximum Gasteiger partial charge on any atom is 0.319 e. The topological polar surface area (TPSA) is 83.1 Å². The summed E-state index contributed by atoms with van der Waals surface area (Å²) in [6.07, 6.45) is 0.420. The lowest BCUT2D eigenvalue weighted by molar-refractivity contribution is -0.143. The van der Waals surface area contributed by atoms with Gasteiger partial charge >= 0.3 is 11.9 Å². The maximum absolute atomic E-state index is 11.8. The fraction of sp³-hybridized carbons (Fsp3) is 0.417. The van der Waals surface area contributed by atoms with E-state index in [2.05, 4.69) is 19.2 Å². The predicted molar refractivity (Wildman–Crippen MR) is 128 cm³/mol. The Bertz CT molecular complexity index is 941. The first kappa shape index (κ1) is 26.8. The Hall–Kier alpha value is -2.48. The van der Waals surface area contributed by atoms with Gasteiger partial charge in [-0.2, -0.15) is 0 Å². The van der Waals surface area contributed by atoms with Crippen molar-refractivity contribution in [3.63, 3.8) is 0 Å². The van der Waals surface area contributed by atoms with Gasteiger partial charge in [-0.05, 0) is 48.7 Å². The van der Waals surface area contributed by atoms with Gasteiger partial charge in [0.25, 0.3) is 0 Å². The zero-order valence-electron chi connectivity index (χ0n) is 19.2. The Morgan fingerprint density at radius 3 is 2.21 bits per heavy atom. The van der Waals surface area contributed by atoms with Crippen molar-refractivity contribution in [2.24, 2.45) is 0 Å². The predicted octanol–water partition coefficient (Wildman–Crippen LogP) is 5.16. The van der Waals surface area contributed by atoms with E-state index in [0.717, 1.165) is 16.9 Å². The molecule has 0 bridgehead atoms. The van der Waals surface area contributed by atoms with E-state index in [9.17, 15) is 9.59 Å². The molecule has 2 aromatic rings. The van der Waals surface area contributed by atoms with E-state index in [1.807, 2.05) is 12.1 Å². The highest BCUT2D eigenvalue weighted by atomic mass is 35.5. The first-order chi connectivity index (χ1) is 15.7. The van der Waals surface area contributed by atoms with E-state index in [4.69, 9.17) is 42.1 Å². The zero-order valence-corrected chi connectivity index (χ0v) is 20.7. The molecule has 0 heterocycles. The molecule has 0 unspecified atom stereocenters. The average Bonchev–Trinajstić information content (AvgIpc) is 2.76. The Labute approximate surface area is 204 Å². The van der Waals surface area contributed by atoms with Crippen molar-refractivity contribution in [1.29, 1.82) is 0 Å². The Morgan fingerprint density at radius 1 is 1.00 bits per heavy atom. The minimum Gasteiger partial charge on any atom is -0.496 e. The summed E-state index contributed by atoms with van der Waals surface area (Å²) in [7, 11) is 1.63. The summed E-state index contributed by atoms with van der Waals surface area (Å²) in [5, 5.41) is 3.37. The number of methoxy groups -OCH3 is 1. The lowest BCUT2D eigenvalue weighted by Crippen LogP contribution is -2.31. The second-order valence-corrected chi connectivity index (χ2v) is 8.24. The highest BCUT2D eigenvalue weighted by Gasteiger charge is 2.14. The smallest absolute Gasteiger partial charge is 0.319 e. The van der Waals surface area contributed by atoms with Gasteiger partial charge in [0, 0.05) is 12.0 Å². The van der Waals surface area contributed by atoms with Crippen molar-refractivity contribution in [2.75, 3.05) is 33.4 Å². The first-order valence-electron chi connectivity index (χ1n) is 10.6. The molecule has 1 N–H and O–H groups in total. The highest BCUT2D eigenvalue weighted by molar-refractivity contribution is 6.37. The number of nitrogens with one attached hydrogen (secondary N) is 1. The van der Waals surface area contributed by atoms with Crippen molar-refractivity contribution < 1.29 is 28.5 Å². The molecule has 0 fully saturated rings. The quantitative estimate of drug-likeness (QED) is 0.405. The van der Waals surface area contributed by atoms with Gasteiger partial charge in [0.05, 0.1) is 43.5 Å². The summed E-state index contributed by atoms with van der Waals surface area (Å²) in [4.78, 5) is 23.0. The van der Waals surface area contributed by atoms with E-state index in [1.165, 1.54) is 0 Å². The summed E-state index contributed by atoms with van der Waals surface area (Å²) < 4.78 is 21.3. The van der Waals surface area contributed by atoms with Crippen LogP contribution in [0.5, 0.6) is 17.2 Å². The van der Waals surface area contributed by atoms with E-state index < -0.39 is 11.9 Å². The second-order valence-electron chi connectivity index (χ2n) is 7.43. The van der Waals surface area contributed by atoms with Crippen LogP contribution in [0.2, 0.25) is 10.0 Å². The van der Waals surface area contributed by atoms with E-state index >= 15 is 0 Å². The van der Waals surface area contributed by atoms with Gasteiger partial charge in [-0.15, -0.1) is 0 Å². The number of esters is 2. The molecule has 0 amide bonds. The summed E-state index contributed by atoms with van der Waals surface area (Å²) >= 11 is 12.8. The van der Waals surface area contributed by atoms with E-state index in [0.29, 0.717) is 34.6 Å². The third-order valence-electron chi connectivity index (χ3n) is 4.60. The van der Waals surface area contributed by atoms with Gasteiger partial charge in [0.15, 0.2) is 5.75 Å². The third kappa shape index (κ3) is 8.42. The maximum atomic E-state index is 11.8. The van der Waals surface area contributed by atoms with E-state index in [-0.39, 0.29) is 25.6 Å². The van der Waals surface area contributed by atoms with Gasteiger partial charge in [-0.25, -0.2) is 0 Å². The average molecular weight is 498 g/mol. The number of carbonyl (C=O) groups excluding carboxylic acids is 2. The molecule has 180 valence electrons. The summed E-state index contributed by atoms with van der Waals surface area (Å²) in [5.41, 5.74) is 1.81. The fourth-order valence-corrected chi connectivity index (χ4v) is 3.62. The largest absolute Gasteiger partial charge is 0.496 e. The van der Waals surface area contributed by atoms with Crippen LogP contribution in [-0.2, 0) is 25.5 Å². The zero-order chi connectivity index (χ0) is 24.4. The SMILES string of the molecule is CCOC(=O)CNCC(=O)OCCc1cc(Cl)c(Oc2ccc(OC)c(C(C)C)c2)c(Cl)c1. The number of rotatable bonds is 12. The van der Waals surface area contributed by atoms with Crippen molar-refractivity contribution in [3.05, 3.63) is 51.5 Å². The minimum absolute atomic E-state index is 0.0531. The Morgan fingerprint density at radius 2 is 1.64 bits per heavy atom. The molecule has 0 radical (unpaired) electrons. The van der Waals surface area contributed by atoms with Gasteiger partial charge in [-0.3, -0.25) is 14.9 Å². The van der Waals surface area contributed by atoms with Crippen LogP contribution in [0.1, 0.15) is 37.8 Å². The molecule has 0 aliphatic rings. The van der Waals surface area contributed by atoms with Crippen LogP contribution in [0.4, 0.5) is 0 Å². The Kier molecular flexibility index (Phi) is 10.8.